The van der Waals surface area contributed by atoms with Crippen molar-refractivity contribution in [3.05, 3.63) is 30.2 Å². The maximum Gasteiger partial charge on any atom is 0.356 e. The molecule has 5 heteroatoms. The van der Waals surface area contributed by atoms with E-state index in [1.807, 2.05) is 0 Å². The number of aromatic carboxylic acids is 1. The molecule has 1 atom stereocenters. The van der Waals surface area contributed by atoms with Crippen LogP contribution in [0.2, 0.25) is 0 Å². The minimum absolute atomic E-state index is 0.0291. The Hall–Kier alpha value is -1.91. The van der Waals surface area contributed by atoms with Gasteiger partial charge in [-0.2, -0.15) is 0 Å². The highest BCUT2D eigenvalue weighted by atomic mass is 16.4. The summed E-state index contributed by atoms with van der Waals surface area (Å²) in [7, 11) is 0. The van der Waals surface area contributed by atoms with E-state index in [1.54, 1.807) is 6.20 Å². The minimum atomic E-state index is -1.05. The first-order valence-corrected chi connectivity index (χ1v) is 5.70. The highest BCUT2D eigenvalue weighted by molar-refractivity contribution is 5.85. The monoisotopic (exact) mass is 233 g/mol. The van der Waals surface area contributed by atoms with Gasteiger partial charge in [0.05, 0.1) is 12.4 Å². The van der Waals surface area contributed by atoms with E-state index in [9.17, 15) is 4.79 Å². The van der Waals surface area contributed by atoms with Crippen molar-refractivity contribution in [2.45, 2.75) is 19.3 Å². The van der Waals surface area contributed by atoms with Gasteiger partial charge in [0.2, 0.25) is 0 Å². The fourth-order valence-corrected chi connectivity index (χ4v) is 1.84. The summed E-state index contributed by atoms with van der Waals surface area (Å²) in [5, 5.41) is 11.9. The van der Waals surface area contributed by atoms with Gasteiger partial charge < -0.3 is 10.4 Å². The molecule has 0 saturated heterocycles. The first kappa shape index (κ1) is 11.6. The molecule has 1 aliphatic carbocycles. The van der Waals surface area contributed by atoms with Gasteiger partial charge in [0.1, 0.15) is 5.82 Å². The van der Waals surface area contributed by atoms with Crippen LogP contribution in [0.25, 0.3) is 0 Å². The van der Waals surface area contributed by atoms with Crippen molar-refractivity contribution < 1.29 is 9.90 Å². The van der Waals surface area contributed by atoms with Crippen LogP contribution in [0.3, 0.4) is 0 Å². The molecule has 1 unspecified atom stereocenters. The highest BCUT2D eigenvalue weighted by Crippen LogP contribution is 2.18. The lowest BCUT2D eigenvalue weighted by Crippen LogP contribution is -2.16. The van der Waals surface area contributed by atoms with Crippen LogP contribution in [0.15, 0.2) is 24.5 Å². The molecule has 2 rings (SSSR count). The zero-order valence-electron chi connectivity index (χ0n) is 9.47. The average molecular weight is 233 g/mol. The third kappa shape index (κ3) is 3.27. The van der Waals surface area contributed by atoms with Crippen LogP contribution < -0.4 is 5.32 Å². The van der Waals surface area contributed by atoms with Crippen molar-refractivity contribution >= 4 is 11.8 Å². The number of nitrogens with zero attached hydrogens (tertiary/aromatic N) is 2. The Morgan fingerprint density at radius 2 is 2.35 bits per heavy atom. The van der Waals surface area contributed by atoms with Gasteiger partial charge in [-0.1, -0.05) is 12.2 Å². The number of hydrogen-bond donors (Lipinski definition) is 2. The number of nitrogens with one attached hydrogen (secondary N) is 1. The molecule has 0 amide bonds. The summed E-state index contributed by atoms with van der Waals surface area (Å²) in [6.07, 6.45) is 10.5. The number of rotatable bonds is 4. The number of aromatic nitrogens is 2. The molecule has 5 nitrogen and oxygen atoms in total. The molecule has 1 aliphatic rings. The lowest BCUT2D eigenvalue weighted by molar-refractivity contribution is 0.0690. The van der Waals surface area contributed by atoms with Crippen LogP contribution in [-0.4, -0.2) is 27.6 Å². The molecule has 1 heterocycles. The number of allylic oxidation sites excluding steroid dienone is 2. The molecule has 1 aromatic heterocycles. The molecule has 0 saturated carbocycles. The number of carboxylic acids is 1. The highest BCUT2D eigenvalue weighted by Gasteiger charge is 2.10. The van der Waals surface area contributed by atoms with Crippen molar-refractivity contribution in [2.24, 2.45) is 5.92 Å². The molecule has 0 spiro atoms. The largest absolute Gasteiger partial charge is 0.476 e. The molecule has 17 heavy (non-hydrogen) atoms. The van der Waals surface area contributed by atoms with Crippen LogP contribution in [-0.2, 0) is 0 Å². The molecule has 0 aliphatic heterocycles. The summed E-state index contributed by atoms with van der Waals surface area (Å²) in [6, 6.07) is 0. The normalized spacial score (nSPS) is 18.9. The molecule has 0 fully saturated rings. The van der Waals surface area contributed by atoms with E-state index in [-0.39, 0.29) is 5.69 Å². The smallest absolute Gasteiger partial charge is 0.356 e. The number of hydrogen-bond acceptors (Lipinski definition) is 4. The molecule has 0 bridgehead atoms. The Morgan fingerprint density at radius 1 is 1.47 bits per heavy atom. The Balaban J connectivity index is 1.92. The number of carbonyl (C=O) groups is 1. The summed E-state index contributed by atoms with van der Waals surface area (Å²) in [5.41, 5.74) is -0.0291. The second kappa shape index (κ2) is 5.43. The first-order chi connectivity index (χ1) is 8.25. The lowest BCUT2D eigenvalue weighted by atomic mass is 9.94. The minimum Gasteiger partial charge on any atom is -0.476 e. The van der Waals surface area contributed by atoms with Crippen molar-refractivity contribution in [2.75, 3.05) is 11.9 Å². The van der Waals surface area contributed by atoms with Crippen molar-refractivity contribution in [1.82, 2.24) is 9.97 Å². The predicted octanol–water partition coefficient (Wildman–Crippen LogP) is 1.94. The zero-order chi connectivity index (χ0) is 12.1. The molecule has 0 aromatic carbocycles. The molecule has 1 aromatic rings. The standard InChI is InChI=1S/C12H15N3O2/c16-12(17)10-7-13-8-11(15-10)14-6-9-4-2-1-3-5-9/h1-2,7-9H,3-6H2,(H,14,15)(H,16,17). The second-order valence-electron chi connectivity index (χ2n) is 4.13. The first-order valence-electron chi connectivity index (χ1n) is 5.70. The van der Waals surface area contributed by atoms with Crippen molar-refractivity contribution in [3.63, 3.8) is 0 Å². The Bertz CT molecular complexity index is 432. The fourth-order valence-electron chi connectivity index (χ4n) is 1.84. The summed E-state index contributed by atoms with van der Waals surface area (Å²) in [6.45, 7) is 0.808. The maximum atomic E-state index is 10.7. The Morgan fingerprint density at radius 3 is 3.06 bits per heavy atom. The molecule has 90 valence electrons. The number of carboxylic acid groups (broad SMARTS) is 1. The van der Waals surface area contributed by atoms with Crippen LogP contribution in [0.4, 0.5) is 5.82 Å². The van der Waals surface area contributed by atoms with E-state index in [1.165, 1.54) is 6.20 Å². The number of anilines is 1. The van der Waals surface area contributed by atoms with Gasteiger partial charge in [-0.25, -0.2) is 9.78 Å². The van der Waals surface area contributed by atoms with E-state index in [0.29, 0.717) is 11.7 Å². The summed E-state index contributed by atoms with van der Waals surface area (Å²) >= 11 is 0. The topological polar surface area (TPSA) is 75.1 Å². The van der Waals surface area contributed by atoms with Gasteiger partial charge in [-0.15, -0.1) is 0 Å². The summed E-state index contributed by atoms with van der Waals surface area (Å²) < 4.78 is 0. The average Bonchev–Trinajstić information content (AvgIpc) is 2.38. The van der Waals surface area contributed by atoms with Crippen LogP contribution >= 0.6 is 0 Å². The third-order valence-corrected chi connectivity index (χ3v) is 2.80. The van der Waals surface area contributed by atoms with Crippen molar-refractivity contribution in [3.8, 4) is 0 Å². The Labute approximate surface area is 99.6 Å². The fraction of sp³-hybridized carbons (Fsp3) is 0.417. The van der Waals surface area contributed by atoms with Crippen LogP contribution in [0, 0.1) is 5.92 Å². The second-order valence-corrected chi connectivity index (χ2v) is 4.13. The molecular weight excluding hydrogens is 218 g/mol. The van der Waals surface area contributed by atoms with Crippen LogP contribution in [0.1, 0.15) is 29.8 Å². The van der Waals surface area contributed by atoms with E-state index < -0.39 is 5.97 Å². The van der Waals surface area contributed by atoms with Gasteiger partial charge >= 0.3 is 5.97 Å². The predicted molar refractivity (Wildman–Crippen MR) is 64.0 cm³/mol. The van der Waals surface area contributed by atoms with Gasteiger partial charge in [0, 0.05) is 6.54 Å². The summed E-state index contributed by atoms with van der Waals surface area (Å²) in [4.78, 5) is 18.5. The van der Waals surface area contributed by atoms with E-state index in [2.05, 4.69) is 27.4 Å². The van der Waals surface area contributed by atoms with E-state index in [4.69, 9.17) is 5.11 Å². The van der Waals surface area contributed by atoms with Crippen molar-refractivity contribution in [1.29, 1.82) is 0 Å². The van der Waals surface area contributed by atoms with Gasteiger partial charge in [-0.3, -0.25) is 4.98 Å². The lowest BCUT2D eigenvalue weighted by Gasteiger charge is -2.18. The van der Waals surface area contributed by atoms with Gasteiger partial charge in [-0.05, 0) is 25.2 Å². The van der Waals surface area contributed by atoms with Gasteiger partial charge in [0.25, 0.3) is 0 Å². The quantitative estimate of drug-likeness (QED) is 0.777. The third-order valence-electron chi connectivity index (χ3n) is 2.80. The van der Waals surface area contributed by atoms with E-state index >= 15 is 0 Å². The van der Waals surface area contributed by atoms with Crippen LogP contribution in [0.5, 0.6) is 0 Å². The molecular formula is C12H15N3O2. The Kier molecular flexibility index (Phi) is 3.69. The van der Waals surface area contributed by atoms with Gasteiger partial charge in [0.15, 0.2) is 5.69 Å². The summed E-state index contributed by atoms with van der Waals surface area (Å²) in [5.74, 6) is 0.0662. The molecule has 0 radical (unpaired) electrons. The molecule has 2 N–H and O–H groups in total. The maximum absolute atomic E-state index is 10.7. The SMILES string of the molecule is O=C(O)c1cncc(NCC2CC=CCC2)n1. The zero-order valence-corrected chi connectivity index (χ0v) is 9.47. The van der Waals surface area contributed by atoms with E-state index in [0.717, 1.165) is 25.8 Å².